The summed E-state index contributed by atoms with van der Waals surface area (Å²) in [6.07, 6.45) is 0. The molecule has 1 amide bonds. The Morgan fingerprint density at radius 3 is 2.82 bits per heavy atom. The summed E-state index contributed by atoms with van der Waals surface area (Å²) in [4.78, 5) is 23.5. The van der Waals surface area contributed by atoms with Crippen molar-refractivity contribution in [2.75, 3.05) is 5.32 Å². The molecule has 2 heterocycles. The molecular weight excluding hydrogens is 242 g/mol. The smallest absolute Gasteiger partial charge is 0.264 e. The fourth-order valence-electron chi connectivity index (χ4n) is 1.41. The third-order valence-electron chi connectivity index (χ3n) is 2.05. The molecule has 2 aromatic heterocycles. The van der Waals surface area contributed by atoms with E-state index in [0.717, 1.165) is 0 Å². The molecule has 0 spiro atoms. The highest BCUT2D eigenvalue weighted by molar-refractivity contribution is 7.13. The van der Waals surface area contributed by atoms with E-state index in [0.29, 0.717) is 10.9 Å². The lowest BCUT2D eigenvalue weighted by Crippen LogP contribution is -2.22. The zero-order valence-electron chi connectivity index (χ0n) is 9.18. The summed E-state index contributed by atoms with van der Waals surface area (Å²) in [6.45, 7) is 3.23. The van der Waals surface area contributed by atoms with E-state index in [1.54, 1.807) is 13.8 Å². The first-order valence-electron chi connectivity index (χ1n) is 4.77. The van der Waals surface area contributed by atoms with Gasteiger partial charge in [0, 0.05) is 6.07 Å². The van der Waals surface area contributed by atoms with Gasteiger partial charge in [-0.15, -0.1) is 10.2 Å². The van der Waals surface area contributed by atoms with Crippen LogP contribution in [0.2, 0.25) is 0 Å². The Morgan fingerprint density at radius 2 is 2.24 bits per heavy atom. The predicted octanol–water partition coefficient (Wildman–Crippen LogP) is 1.36. The molecule has 0 unspecified atom stereocenters. The number of nitrogens with one attached hydrogen (secondary N) is 1. The van der Waals surface area contributed by atoms with Crippen LogP contribution < -0.4 is 10.7 Å². The van der Waals surface area contributed by atoms with Crippen molar-refractivity contribution in [2.24, 2.45) is 0 Å². The maximum atomic E-state index is 11.8. The second-order valence-corrected chi connectivity index (χ2v) is 4.18. The van der Waals surface area contributed by atoms with Crippen molar-refractivity contribution in [1.82, 2.24) is 10.2 Å². The minimum absolute atomic E-state index is 0.00852. The molecular formula is C10H9N3O3S. The molecule has 0 atom stereocenters. The van der Waals surface area contributed by atoms with E-state index in [-0.39, 0.29) is 16.8 Å². The van der Waals surface area contributed by atoms with Crippen LogP contribution in [-0.4, -0.2) is 16.1 Å². The molecule has 2 aromatic rings. The van der Waals surface area contributed by atoms with Crippen molar-refractivity contribution in [1.29, 1.82) is 0 Å². The fourth-order valence-corrected chi connectivity index (χ4v) is 1.85. The molecule has 0 fully saturated rings. The maximum absolute atomic E-state index is 11.8. The topological polar surface area (TPSA) is 85.1 Å². The van der Waals surface area contributed by atoms with Gasteiger partial charge in [-0.3, -0.25) is 14.9 Å². The van der Waals surface area contributed by atoms with Gasteiger partial charge in [0.1, 0.15) is 22.6 Å². The first-order chi connectivity index (χ1) is 8.08. The molecule has 2 rings (SSSR count). The summed E-state index contributed by atoms with van der Waals surface area (Å²) >= 11 is 1.17. The highest BCUT2D eigenvalue weighted by atomic mass is 32.1. The second-order valence-electron chi connectivity index (χ2n) is 3.35. The average molecular weight is 251 g/mol. The van der Waals surface area contributed by atoms with Crippen LogP contribution in [0.1, 0.15) is 21.9 Å². The molecule has 88 valence electrons. The molecule has 17 heavy (non-hydrogen) atoms. The van der Waals surface area contributed by atoms with Crippen molar-refractivity contribution in [3.05, 3.63) is 38.9 Å². The Bertz CT molecular complexity index is 604. The first kappa shape index (κ1) is 11.5. The van der Waals surface area contributed by atoms with Crippen molar-refractivity contribution in [3.8, 4) is 0 Å². The van der Waals surface area contributed by atoms with Gasteiger partial charge in [-0.2, -0.15) is 0 Å². The van der Waals surface area contributed by atoms with Crippen LogP contribution in [-0.2, 0) is 0 Å². The molecule has 0 aromatic carbocycles. The van der Waals surface area contributed by atoms with Crippen molar-refractivity contribution in [2.45, 2.75) is 13.8 Å². The number of nitrogens with zero attached hydrogens (tertiary/aromatic N) is 2. The monoisotopic (exact) mass is 251 g/mol. The largest absolute Gasteiger partial charge is 0.466 e. The van der Waals surface area contributed by atoms with E-state index < -0.39 is 5.91 Å². The summed E-state index contributed by atoms with van der Waals surface area (Å²) in [5.41, 5.74) is 1.11. The van der Waals surface area contributed by atoms with Gasteiger partial charge in [-0.25, -0.2) is 0 Å². The van der Waals surface area contributed by atoms with Gasteiger partial charge in [0.05, 0.1) is 0 Å². The van der Waals surface area contributed by atoms with Crippen molar-refractivity contribution in [3.63, 3.8) is 0 Å². The van der Waals surface area contributed by atoms with Gasteiger partial charge in [0.2, 0.25) is 5.13 Å². The quantitative estimate of drug-likeness (QED) is 0.871. The van der Waals surface area contributed by atoms with E-state index in [1.165, 1.54) is 22.9 Å². The molecule has 1 N–H and O–H groups in total. The van der Waals surface area contributed by atoms with Crippen LogP contribution in [0.5, 0.6) is 0 Å². The van der Waals surface area contributed by atoms with Gasteiger partial charge in [0.25, 0.3) is 5.91 Å². The van der Waals surface area contributed by atoms with Crippen LogP contribution >= 0.6 is 11.3 Å². The van der Waals surface area contributed by atoms with Crippen LogP contribution in [0, 0.1) is 13.8 Å². The Morgan fingerprint density at radius 1 is 1.47 bits per heavy atom. The summed E-state index contributed by atoms with van der Waals surface area (Å²) in [7, 11) is 0. The van der Waals surface area contributed by atoms with E-state index >= 15 is 0 Å². The summed E-state index contributed by atoms with van der Waals surface area (Å²) in [6, 6.07) is 1.28. The lowest BCUT2D eigenvalue weighted by molar-refractivity contribution is 0.102. The van der Waals surface area contributed by atoms with Crippen LogP contribution in [0.3, 0.4) is 0 Å². The average Bonchev–Trinajstić information content (AvgIpc) is 2.68. The highest BCUT2D eigenvalue weighted by Gasteiger charge is 2.16. The Hall–Kier alpha value is -2.02. The number of carbonyl (C=O) groups is 1. The number of aryl methyl sites for hydroxylation is 2. The Labute approximate surface area is 100 Å². The Balaban J connectivity index is 2.35. The second kappa shape index (κ2) is 4.46. The van der Waals surface area contributed by atoms with Gasteiger partial charge in [0.15, 0.2) is 5.43 Å². The molecule has 7 heteroatoms. The third-order valence-corrected chi connectivity index (χ3v) is 2.66. The van der Waals surface area contributed by atoms with Crippen LogP contribution in [0.25, 0.3) is 0 Å². The lowest BCUT2D eigenvalue weighted by atomic mass is 10.2. The Kier molecular flexibility index (Phi) is 3.01. The van der Waals surface area contributed by atoms with Gasteiger partial charge in [-0.05, 0) is 13.8 Å². The van der Waals surface area contributed by atoms with Gasteiger partial charge in [-0.1, -0.05) is 11.3 Å². The van der Waals surface area contributed by atoms with Crippen molar-refractivity contribution >= 4 is 22.4 Å². The molecule has 0 bridgehead atoms. The summed E-state index contributed by atoms with van der Waals surface area (Å²) in [5, 5.41) is 10.1. The van der Waals surface area contributed by atoms with E-state index in [1.807, 2.05) is 0 Å². The minimum Gasteiger partial charge on any atom is -0.466 e. The van der Waals surface area contributed by atoms with Crippen LogP contribution in [0.4, 0.5) is 5.13 Å². The number of hydrogen-bond acceptors (Lipinski definition) is 6. The zero-order valence-corrected chi connectivity index (χ0v) is 10.00. The SMILES string of the molecule is Cc1cc(=O)c(C(=O)Nc2nncs2)c(C)o1. The number of anilines is 1. The molecule has 0 saturated carbocycles. The zero-order chi connectivity index (χ0) is 12.4. The van der Waals surface area contributed by atoms with Crippen molar-refractivity contribution < 1.29 is 9.21 Å². The fraction of sp³-hybridized carbons (Fsp3) is 0.200. The third kappa shape index (κ3) is 2.39. The highest BCUT2D eigenvalue weighted by Crippen LogP contribution is 2.11. The molecule has 0 saturated heterocycles. The van der Waals surface area contributed by atoms with Gasteiger partial charge < -0.3 is 4.42 Å². The standard InChI is InChI=1S/C10H9N3O3S/c1-5-3-7(14)8(6(2)16-5)9(15)12-10-13-11-4-17-10/h3-4H,1-2H3,(H,12,13,15). The summed E-state index contributed by atoms with van der Waals surface area (Å²) in [5.74, 6) is 0.227. The van der Waals surface area contributed by atoms with Crippen LogP contribution in [0.15, 0.2) is 20.8 Å². The van der Waals surface area contributed by atoms with Gasteiger partial charge >= 0.3 is 0 Å². The molecule has 0 radical (unpaired) electrons. The lowest BCUT2D eigenvalue weighted by Gasteiger charge is -2.04. The maximum Gasteiger partial charge on any atom is 0.264 e. The van der Waals surface area contributed by atoms with E-state index in [4.69, 9.17) is 4.42 Å². The predicted molar refractivity (Wildman–Crippen MR) is 62.3 cm³/mol. The normalized spacial score (nSPS) is 10.2. The number of hydrogen-bond donors (Lipinski definition) is 1. The molecule has 6 nitrogen and oxygen atoms in total. The van der Waals surface area contributed by atoms with E-state index in [9.17, 15) is 9.59 Å². The number of aromatic nitrogens is 2. The number of rotatable bonds is 2. The molecule has 0 aliphatic rings. The number of carbonyl (C=O) groups excluding carboxylic acids is 1. The van der Waals surface area contributed by atoms with E-state index in [2.05, 4.69) is 15.5 Å². The molecule has 0 aliphatic heterocycles. The molecule has 0 aliphatic carbocycles. The summed E-state index contributed by atoms with van der Waals surface area (Å²) < 4.78 is 5.24. The number of amides is 1. The first-order valence-corrected chi connectivity index (χ1v) is 5.65. The minimum atomic E-state index is -0.534.